The molecule has 0 spiro atoms. The van der Waals surface area contributed by atoms with Crippen molar-refractivity contribution >= 4 is 33.6 Å². The van der Waals surface area contributed by atoms with Gasteiger partial charge in [-0.25, -0.2) is 15.0 Å². The Morgan fingerprint density at radius 1 is 0.611 bits per heavy atom. The van der Waals surface area contributed by atoms with Crippen molar-refractivity contribution in [2.75, 3.05) is 5.43 Å². The van der Waals surface area contributed by atoms with E-state index in [9.17, 15) is 0 Å². The Kier molecular flexibility index (Phi) is 6.92. The molecule has 0 aliphatic heterocycles. The molecule has 0 atom stereocenters. The Morgan fingerprint density at radius 2 is 1.20 bits per heavy atom. The van der Waals surface area contributed by atoms with Crippen molar-refractivity contribution in [2.45, 2.75) is 38.5 Å². The predicted octanol–water partition coefficient (Wildman–Crippen LogP) is 10.9. The number of fused-ring (bicyclic) bond motifs is 10. The van der Waals surface area contributed by atoms with Gasteiger partial charge in [0, 0.05) is 32.9 Å². The first-order valence-corrected chi connectivity index (χ1v) is 18.5. The number of nitrogens with zero attached hydrogens (tertiary/aromatic N) is 4. The van der Waals surface area contributed by atoms with Gasteiger partial charge in [-0.1, -0.05) is 155 Å². The van der Waals surface area contributed by atoms with Crippen LogP contribution in [0.25, 0.3) is 55.6 Å². The summed E-state index contributed by atoms with van der Waals surface area (Å²) in [5.41, 5.74) is 18.7. The number of aromatic nitrogens is 3. The highest BCUT2D eigenvalue weighted by molar-refractivity contribution is 6.17. The monoisotopic (exact) mass is 698 g/mol. The molecule has 0 bridgehead atoms. The van der Waals surface area contributed by atoms with Crippen LogP contribution in [0.2, 0.25) is 0 Å². The topological polar surface area (TPSA) is 79.0 Å². The molecular formula is C48H38N6. The number of nitrogens with one attached hydrogen (secondary N) is 2. The van der Waals surface area contributed by atoms with Crippen LogP contribution >= 0.6 is 0 Å². The molecule has 2 aliphatic rings. The average Bonchev–Trinajstić information content (AvgIpc) is 3.74. The molecule has 2 N–H and O–H groups in total. The molecule has 0 amide bonds. The first-order valence-electron chi connectivity index (χ1n) is 18.5. The molecule has 0 fully saturated rings. The Labute approximate surface area is 314 Å². The van der Waals surface area contributed by atoms with E-state index in [0.29, 0.717) is 11.7 Å². The number of hydrogen-bond donors (Lipinski definition) is 2. The van der Waals surface area contributed by atoms with Gasteiger partial charge in [0.1, 0.15) is 11.0 Å². The van der Waals surface area contributed by atoms with Gasteiger partial charge >= 0.3 is 0 Å². The fourth-order valence-electron chi connectivity index (χ4n) is 8.87. The molecule has 10 rings (SSSR count). The van der Waals surface area contributed by atoms with Crippen LogP contribution in [0.1, 0.15) is 61.1 Å². The van der Waals surface area contributed by atoms with Crippen LogP contribution in [0.5, 0.6) is 0 Å². The summed E-state index contributed by atoms with van der Waals surface area (Å²) < 4.78 is 2.06. The van der Waals surface area contributed by atoms with Gasteiger partial charge in [0.15, 0.2) is 17.5 Å². The van der Waals surface area contributed by atoms with E-state index in [2.05, 4.69) is 117 Å². The van der Waals surface area contributed by atoms with Crippen LogP contribution < -0.4 is 5.43 Å². The minimum absolute atomic E-state index is 0.136. The first kappa shape index (κ1) is 32.0. The van der Waals surface area contributed by atoms with E-state index in [1.54, 1.807) is 0 Å². The molecule has 6 nitrogen and oxygen atoms in total. The average molecular weight is 699 g/mol. The number of aliphatic imine (C=N–C) groups is 1. The van der Waals surface area contributed by atoms with E-state index in [1.165, 1.54) is 44.5 Å². The number of amidine groups is 2. The van der Waals surface area contributed by atoms with Crippen LogP contribution in [0, 0.1) is 5.41 Å². The lowest BCUT2D eigenvalue weighted by Gasteiger charge is -2.22. The maximum absolute atomic E-state index is 8.98. The predicted molar refractivity (Wildman–Crippen MR) is 221 cm³/mol. The quantitative estimate of drug-likeness (QED) is 0.142. The summed E-state index contributed by atoms with van der Waals surface area (Å²) in [5.74, 6) is 1.40. The van der Waals surface area contributed by atoms with Crippen LogP contribution in [0.3, 0.4) is 0 Å². The molecule has 0 unspecified atom stereocenters. The molecule has 6 heteroatoms. The number of hydrogen-bond acceptors (Lipinski definition) is 3. The van der Waals surface area contributed by atoms with Crippen LogP contribution in [0.4, 0.5) is 0 Å². The third-order valence-corrected chi connectivity index (χ3v) is 11.6. The lowest BCUT2D eigenvalue weighted by Crippen LogP contribution is -2.25. The SMILES string of the molecule is CC1(C)c2ccccc2-c2ccc(-c3ncc4c(n3)c3c5c(ccc3n4NC(=NC(=N)c3ccccc3)c3ccccc3)-c3ccccc3C5(C)C)cc21. The highest BCUT2D eigenvalue weighted by atomic mass is 15.4. The minimum Gasteiger partial charge on any atom is -0.282 e. The summed E-state index contributed by atoms with van der Waals surface area (Å²) in [5, 5.41) is 10.1. The van der Waals surface area contributed by atoms with Crippen LogP contribution in [-0.4, -0.2) is 26.3 Å². The van der Waals surface area contributed by atoms with Gasteiger partial charge < -0.3 is 0 Å². The summed E-state index contributed by atoms with van der Waals surface area (Å²) in [6.07, 6.45) is 1.93. The van der Waals surface area contributed by atoms with Gasteiger partial charge in [0.25, 0.3) is 0 Å². The standard InChI is InChI=1S/C48H38N6/c1-47(2)36-21-13-11-19-32(36)34-24-23-31(27-38(34)47)45-50-28-40-43(51-45)41-39(26-25-35-33-20-12-14-22-37(33)48(3,4)42(35)41)54(40)53-46(30-17-9-6-10-18-30)52-44(49)29-15-7-5-8-16-29/h5-28H,1-4H3,(H2,49,52,53). The summed E-state index contributed by atoms with van der Waals surface area (Å²) >= 11 is 0. The van der Waals surface area contributed by atoms with Gasteiger partial charge in [-0.2, -0.15) is 0 Å². The molecule has 0 radical (unpaired) electrons. The highest BCUT2D eigenvalue weighted by Gasteiger charge is 2.39. The molecule has 0 saturated heterocycles. The lowest BCUT2D eigenvalue weighted by atomic mass is 9.81. The van der Waals surface area contributed by atoms with E-state index in [4.69, 9.17) is 20.4 Å². The molecular weight excluding hydrogens is 661 g/mol. The molecule has 0 saturated carbocycles. The van der Waals surface area contributed by atoms with E-state index in [-0.39, 0.29) is 16.7 Å². The van der Waals surface area contributed by atoms with Gasteiger partial charge in [0.05, 0.1) is 11.7 Å². The Hall–Kier alpha value is -6.66. The van der Waals surface area contributed by atoms with E-state index >= 15 is 0 Å². The third-order valence-electron chi connectivity index (χ3n) is 11.6. The van der Waals surface area contributed by atoms with Crippen LogP contribution in [-0.2, 0) is 10.8 Å². The van der Waals surface area contributed by atoms with E-state index in [1.807, 2.05) is 66.9 Å². The minimum atomic E-state index is -0.273. The van der Waals surface area contributed by atoms with Gasteiger partial charge in [-0.3, -0.25) is 15.5 Å². The summed E-state index contributed by atoms with van der Waals surface area (Å²) in [4.78, 5) is 15.4. The van der Waals surface area contributed by atoms with Crippen molar-refractivity contribution in [2.24, 2.45) is 4.99 Å². The second kappa shape index (κ2) is 11.7. The number of benzene rings is 6. The van der Waals surface area contributed by atoms with Gasteiger partial charge in [-0.15, -0.1) is 0 Å². The Bertz CT molecular complexity index is 2860. The summed E-state index contributed by atoms with van der Waals surface area (Å²) in [6, 6.07) is 48.2. The molecule has 8 aromatic rings. The number of rotatable bonds is 4. The van der Waals surface area contributed by atoms with Crippen molar-refractivity contribution in [3.63, 3.8) is 0 Å². The molecule has 6 aromatic carbocycles. The molecule has 260 valence electrons. The first-order chi connectivity index (χ1) is 26.2. The van der Waals surface area contributed by atoms with Crippen LogP contribution in [0.15, 0.2) is 151 Å². The largest absolute Gasteiger partial charge is 0.282 e. The maximum atomic E-state index is 8.98. The fourth-order valence-corrected chi connectivity index (χ4v) is 8.87. The highest BCUT2D eigenvalue weighted by Crippen LogP contribution is 2.53. The molecule has 2 aromatic heterocycles. The second-order valence-electron chi connectivity index (χ2n) is 15.4. The zero-order valence-corrected chi connectivity index (χ0v) is 30.6. The third kappa shape index (κ3) is 4.66. The Balaban J connectivity index is 1.20. The van der Waals surface area contributed by atoms with Crippen molar-refractivity contribution < 1.29 is 0 Å². The van der Waals surface area contributed by atoms with Gasteiger partial charge in [-0.05, 0) is 56.6 Å². The smallest absolute Gasteiger partial charge is 0.159 e. The molecule has 54 heavy (non-hydrogen) atoms. The molecule has 2 heterocycles. The maximum Gasteiger partial charge on any atom is 0.159 e. The normalized spacial score (nSPS) is 14.8. The second-order valence-corrected chi connectivity index (χ2v) is 15.4. The van der Waals surface area contributed by atoms with Crippen molar-refractivity contribution in [3.05, 3.63) is 179 Å². The summed E-state index contributed by atoms with van der Waals surface area (Å²) in [7, 11) is 0. The zero-order chi connectivity index (χ0) is 36.8. The van der Waals surface area contributed by atoms with Crippen molar-refractivity contribution in [3.8, 4) is 33.6 Å². The van der Waals surface area contributed by atoms with Crippen molar-refractivity contribution in [1.82, 2.24) is 14.6 Å². The van der Waals surface area contributed by atoms with E-state index < -0.39 is 0 Å². The molecule has 2 aliphatic carbocycles. The lowest BCUT2D eigenvalue weighted by molar-refractivity contribution is 0.660. The van der Waals surface area contributed by atoms with Crippen molar-refractivity contribution in [1.29, 1.82) is 5.41 Å². The Morgan fingerprint density at radius 3 is 1.93 bits per heavy atom. The fraction of sp³-hybridized carbons (Fsp3) is 0.125. The van der Waals surface area contributed by atoms with Gasteiger partial charge in [0.2, 0.25) is 0 Å². The summed E-state index contributed by atoms with van der Waals surface area (Å²) in [6.45, 7) is 9.23. The van der Waals surface area contributed by atoms with E-state index in [0.717, 1.165) is 38.6 Å². The zero-order valence-electron chi connectivity index (χ0n) is 30.6.